The van der Waals surface area contributed by atoms with Crippen molar-refractivity contribution < 1.29 is 14.3 Å². The number of amides is 2. The number of carbonyl (C=O) groups excluding carboxylic acids is 1. The largest absolute Gasteiger partial charge is 0.496 e. The van der Waals surface area contributed by atoms with Gasteiger partial charge in [0.05, 0.1) is 7.11 Å². The topological polar surface area (TPSA) is 59.6 Å². The summed E-state index contributed by atoms with van der Waals surface area (Å²) in [6.07, 6.45) is 1.59. The number of hydrogen-bond donors (Lipinski definition) is 2. The van der Waals surface area contributed by atoms with Crippen LogP contribution in [0.15, 0.2) is 54.6 Å². The Labute approximate surface area is 149 Å². The third kappa shape index (κ3) is 6.12. The van der Waals surface area contributed by atoms with Gasteiger partial charge in [0.25, 0.3) is 0 Å². The van der Waals surface area contributed by atoms with Crippen molar-refractivity contribution in [1.29, 1.82) is 0 Å². The summed E-state index contributed by atoms with van der Waals surface area (Å²) in [4.78, 5) is 12.0. The van der Waals surface area contributed by atoms with Crippen LogP contribution in [0.1, 0.15) is 23.7 Å². The van der Waals surface area contributed by atoms with Gasteiger partial charge in [0.1, 0.15) is 11.9 Å². The van der Waals surface area contributed by atoms with Crippen molar-refractivity contribution in [2.75, 3.05) is 27.3 Å². The van der Waals surface area contributed by atoms with Crippen molar-refractivity contribution in [1.82, 2.24) is 10.6 Å². The zero-order valence-corrected chi connectivity index (χ0v) is 14.8. The Morgan fingerprint density at radius 2 is 1.72 bits per heavy atom. The Kier molecular flexibility index (Phi) is 7.79. The minimum absolute atomic E-state index is 0.190. The summed E-state index contributed by atoms with van der Waals surface area (Å²) in [5, 5.41) is 5.73. The molecule has 0 fully saturated rings. The van der Waals surface area contributed by atoms with Gasteiger partial charge in [-0.3, -0.25) is 0 Å². The van der Waals surface area contributed by atoms with Crippen molar-refractivity contribution in [2.45, 2.75) is 18.9 Å². The first-order valence-corrected chi connectivity index (χ1v) is 8.46. The van der Waals surface area contributed by atoms with Crippen LogP contribution in [0.3, 0.4) is 0 Å². The van der Waals surface area contributed by atoms with E-state index in [1.54, 1.807) is 14.2 Å². The Morgan fingerprint density at radius 3 is 2.44 bits per heavy atom. The first kappa shape index (κ1) is 18.8. The molecule has 5 heteroatoms. The predicted molar refractivity (Wildman–Crippen MR) is 98.9 cm³/mol. The fourth-order valence-electron chi connectivity index (χ4n) is 2.64. The van der Waals surface area contributed by atoms with Crippen molar-refractivity contribution in [3.63, 3.8) is 0 Å². The summed E-state index contributed by atoms with van der Waals surface area (Å²) in [6, 6.07) is 17.7. The first-order chi connectivity index (χ1) is 12.2. The minimum Gasteiger partial charge on any atom is -0.496 e. The van der Waals surface area contributed by atoms with Gasteiger partial charge in [-0.1, -0.05) is 48.5 Å². The van der Waals surface area contributed by atoms with Crippen molar-refractivity contribution in [3.05, 3.63) is 65.7 Å². The molecule has 25 heavy (non-hydrogen) atoms. The van der Waals surface area contributed by atoms with Gasteiger partial charge in [-0.25, -0.2) is 4.79 Å². The Bertz CT molecular complexity index is 646. The van der Waals surface area contributed by atoms with E-state index in [9.17, 15) is 4.79 Å². The molecule has 2 aromatic carbocycles. The van der Waals surface area contributed by atoms with E-state index in [0.717, 1.165) is 24.2 Å². The van der Waals surface area contributed by atoms with Crippen LogP contribution in [0.4, 0.5) is 4.79 Å². The van der Waals surface area contributed by atoms with Gasteiger partial charge in [0.15, 0.2) is 0 Å². The number of ether oxygens (including phenoxy) is 2. The number of nitrogens with one attached hydrogen (secondary N) is 2. The van der Waals surface area contributed by atoms with Crippen molar-refractivity contribution in [2.24, 2.45) is 0 Å². The smallest absolute Gasteiger partial charge is 0.314 e. The molecular formula is C20H26N2O3. The van der Waals surface area contributed by atoms with Crippen LogP contribution in [0, 0.1) is 0 Å². The lowest BCUT2D eigenvalue weighted by atomic mass is 10.1. The number of aryl methyl sites for hydroxylation is 1. The maximum Gasteiger partial charge on any atom is 0.314 e. The summed E-state index contributed by atoms with van der Waals surface area (Å²) >= 11 is 0. The third-order valence-electron chi connectivity index (χ3n) is 3.99. The van der Waals surface area contributed by atoms with Gasteiger partial charge in [-0.15, -0.1) is 0 Å². The molecule has 134 valence electrons. The number of hydrogen-bond acceptors (Lipinski definition) is 3. The quantitative estimate of drug-likeness (QED) is 0.687. The van der Waals surface area contributed by atoms with Crippen molar-refractivity contribution in [3.8, 4) is 5.75 Å². The van der Waals surface area contributed by atoms with E-state index < -0.39 is 0 Å². The Morgan fingerprint density at radius 1 is 1.00 bits per heavy atom. The molecule has 1 atom stereocenters. The van der Waals surface area contributed by atoms with Gasteiger partial charge in [0, 0.05) is 25.8 Å². The maximum absolute atomic E-state index is 12.0. The van der Waals surface area contributed by atoms with Crippen molar-refractivity contribution >= 4 is 6.03 Å². The molecule has 0 aromatic heterocycles. The van der Waals surface area contributed by atoms with Gasteiger partial charge >= 0.3 is 6.03 Å². The Balaban J connectivity index is 1.72. The summed E-state index contributed by atoms with van der Waals surface area (Å²) in [6.45, 7) is 1.01. The van der Waals surface area contributed by atoms with Crippen LogP contribution in [-0.4, -0.2) is 33.3 Å². The number of carbonyl (C=O) groups is 1. The van der Waals surface area contributed by atoms with Gasteiger partial charge in [-0.05, 0) is 24.5 Å². The van der Waals surface area contributed by atoms with E-state index >= 15 is 0 Å². The molecule has 2 rings (SSSR count). The Hall–Kier alpha value is -2.53. The summed E-state index contributed by atoms with van der Waals surface area (Å²) < 4.78 is 10.8. The lowest BCUT2D eigenvalue weighted by molar-refractivity contribution is 0.101. The second-order valence-electron chi connectivity index (χ2n) is 5.69. The average molecular weight is 342 g/mol. The first-order valence-electron chi connectivity index (χ1n) is 8.46. The van der Waals surface area contributed by atoms with Gasteiger partial charge in [-0.2, -0.15) is 0 Å². The zero-order valence-electron chi connectivity index (χ0n) is 14.8. The second-order valence-corrected chi connectivity index (χ2v) is 5.69. The highest BCUT2D eigenvalue weighted by atomic mass is 16.5. The fourth-order valence-corrected chi connectivity index (χ4v) is 2.64. The standard InChI is InChI=1S/C20H26N2O3/c1-24-18-13-7-6-12-17(18)19(25-2)15-22-20(23)21-14-8-11-16-9-4-3-5-10-16/h3-7,9-10,12-13,19H,8,11,14-15H2,1-2H3,(H2,21,22,23). The van der Waals surface area contributed by atoms with Crippen LogP contribution >= 0.6 is 0 Å². The number of methoxy groups -OCH3 is 2. The normalized spacial score (nSPS) is 11.6. The van der Waals surface area contributed by atoms with E-state index in [4.69, 9.17) is 9.47 Å². The van der Waals surface area contributed by atoms with Crippen LogP contribution in [-0.2, 0) is 11.2 Å². The van der Waals surface area contributed by atoms with Gasteiger partial charge < -0.3 is 20.1 Å². The van der Waals surface area contributed by atoms with E-state index in [-0.39, 0.29) is 12.1 Å². The highest BCUT2D eigenvalue weighted by Gasteiger charge is 2.16. The average Bonchev–Trinajstić information content (AvgIpc) is 2.67. The summed E-state index contributed by atoms with van der Waals surface area (Å²) in [7, 11) is 3.25. The highest BCUT2D eigenvalue weighted by molar-refractivity contribution is 5.73. The maximum atomic E-state index is 12.0. The molecule has 2 aromatic rings. The van der Waals surface area contributed by atoms with Crippen LogP contribution in [0.2, 0.25) is 0 Å². The summed E-state index contributed by atoms with van der Waals surface area (Å²) in [5.41, 5.74) is 2.19. The number of benzene rings is 2. The SMILES string of the molecule is COc1ccccc1C(CNC(=O)NCCCc1ccccc1)OC. The lowest BCUT2D eigenvalue weighted by Crippen LogP contribution is -2.38. The molecule has 0 spiro atoms. The number of urea groups is 1. The molecular weight excluding hydrogens is 316 g/mol. The lowest BCUT2D eigenvalue weighted by Gasteiger charge is -2.19. The number of rotatable bonds is 9. The molecule has 0 saturated carbocycles. The van der Waals surface area contributed by atoms with E-state index in [1.807, 2.05) is 42.5 Å². The minimum atomic E-state index is -0.258. The molecule has 2 N–H and O–H groups in total. The van der Waals surface area contributed by atoms with Crippen LogP contribution in [0.25, 0.3) is 0 Å². The molecule has 5 nitrogen and oxygen atoms in total. The van der Waals surface area contributed by atoms with Crippen LogP contribution < -0.4 is 15.4 Å². The molecule has 0 saturated heterocycles. The molecule has 1 unspecified atom stereocenters. The zero-order chi connectivity index (χ0) is 17.9. The molecule has 2 amide bonds. The second kappa shape index (κ2) is 10.4. The van der Waals surface area contributed by atoms with Crippen LogP contribution in [0.5, 0.6) is 5.75 Å². The van der Waals surface area contributed by atoms with E-state index in [1.165, 1.54) is 5.56 Å². The molecule has 0 aliphatic rings. The summed E-state index contributed by atoms with van der Waals surface area (Å²) in [5.74, 6) is 0.749. The molecule has 0 radical (unpaired) electrons. The molecule has 0 bridgehead atoms. The van der Waals surface area contributed by atoms with E-state index in [2.05, 4.69) is 22.8 Å². The molecule has 0 aliphatic carbocycles. The predicted octanol–water partition coefficient (Wildman–Crippen LogP) is 3.31. The monoisotopic (exact) mass is 342 g/mol. The van der Waals surface area contributed by atoms with Gasteiger partial charge in [0.2, 0.25) is 0 Å². The molecule has 0 heterocycles. The fraction of sp³-hybridized carbons (Fsp3) is 0.350. The molecule has 0 aliphatic heterocycles. The third-order valence-corrected chi connectivity index (χ3v) is 3.99. The highest BCUT2D eigenvalue weighted by Crippen LogP contribution is 2.26. The number of para-hydroxylation sites is 1. The van der Waals surface area contributed by atoms with E-state index in [0.29, 0.717) is 13.1 Å².